The summed E-state index contributed by atoms with van der Waals surface area (Å²) in [4.78, 5) is 18.3. The predicted octanol–water partition coefficient (Wildman–Crippen LogP) is -0.134. The van der Waals surface area contributed by atoms with Gasteiger partial charge in [0.25, 0.3) is 5.91 Å². The summed E-state index contributed by atoms with van der Waals surface area (Å²) in [5, 5.41) is 11.8. The van der Waals surface area contributed by atoms with Crippen molar-refractivity contribution in [3.8, 4) is 0 Å². The Kier molecular flexibility index (Phi) is 4.87. The lowest BCUT2D eigenvalue weighted by molar-refractivity contribution is -0.0859. The van der Waals surface area contributed by atoms with Crippen molar-refractivity contribution >= 4 is 17.2 Å². The van der Waals surface area contributed by atoms with Gasteiger partial charge in [0.2, 0.25) is 0 Å². The van der Waals surface area contributed by atoms with Gasteiger partial charge in [-0.25, -0.2) is 4.98 Å². The molecule has 0 bridgehead atoms. The number of carbonyl (C=O) groups is 1. The largest absolute Gasteiger partial charge is 0.394 e. The second kappa shape index (κ2) is 6.42. The molecule has 19 heavy (non-hydrogen) atoms. The number of nitrogens with zero attached hydrogens (tertiary/aromatic N) is 2. The molecule has 1 aromatic rings. The maximum atomic E-state index is 12.3. The Bertz CT molecular complexity index is 438. The summed E-state index contributed by atoms with van der Waals surface area (Å²) < 4.78 is 5.52. The van der Waals surface area contributed by atoms with Gasteiger partial charge in [-0.3, -0.25) is 4.79 Å². The number of hydrogen-bond donors (Lipinski definition) is 2. The predicted molar refractivity (Wildman–Crippen MR) is 72.2 cm³/mol. The van der Waals surface area contributed by atoms with E-state index >= 15 is 0 Å². The zero-order valence-electron chi connectivity index (χ0n) is 10.9. The summed E-state index contributed by atoms with van der Waals surface area (Å²) in [6.45, 7) is 3.28. The highest BCUT2D eigenvalue weighted by molar-refractivity contribution is 7.09. The maximum absolute atomic E-state index is 12.3. The molecule has 1 saturated heterocycles. The fourth-order valence-electron chi connectivity index (χ4n) is 2.12. The van der Waals surface area contributed by atoms with E-state index < -0.39 is 0 Å². The van der Waals surface area contributed by atoms with Crippen LogP contribution in [0.15, 0.2) is 5.38 Å². The lowest BCUT2D eigenvalue weighted by atomic mass is 10.2. The van der Waals surface area contributed by atoms with Crippen LogP contribution in [-0.4, -0.2) is 59.3 Å². The molecule has 2 rings (SSSR count). The summed E-state index contributed by atoms with van der Waals surface area (Å²) in [7, 11) is 0. The van der Waals surface area contributed by atoms with Gasteiger partial charge in [-0.05, 0) is 13.5 Å². The molecular weight excluding hydrogens is 266 g/mol. The van der Waals surface area contributed by atoms with E-state index in [1.165, 1.54) is 11.3 Å². The molecule has 1 fully saturated rings. The second-order valence-corrected chi connectivity index (χ2v) is 5.57. The zero-order valence-corrected chi connectivity index (χ0v) is 11.7. The number of nitrogens with two attached hydrogens (primary N) is 1. The van der Waals surface area contributed by atoms with Gasteiger partial charge in [0.15, 0.2) is 0 Å². The monoisotopic (exact) mass is 285 g/mol. The first-order chi connectivity index (χ1) is 9.13. The maximum Gasteiger partial charge on any atom is 0.273 e. The van der Waals surface area contributed by atoms with Crippen LogP contribution in [0, 0.1) is 0 Å². The molecule has 3 N–H and O–H groups in total. The normalized spacial score (nSPS) is 23.6. The van der Waals surface area contributed by atoms with E-state index in [-0.39, 0.29) is 24.7 Å². The summed E-state index contributed by atoms with van der Waals surface area (Å²) in [5.74, 6) is -0.104. The number of carbonyl (C=O) groups excluding carboxylic acids is 1. The first-order valence-corrected chi connectivity index (χ1v) is 7.22. The number of rotatable bonds is 4. The van der Waals surface area contributed by atoms with Crippen molar-refractivity contribution in [2.75, 3.05) is 26.2 Å². The number of morpholine rings is 1. The van der Waals surface area contributed by atoms with Crippen LogP contribution in [0.3, 0.4) is 0 Å². The van der Waals surface area contributed by atoms with Gasteiger partial charge in [-0.2, -0.15) is 0 Å². The van der Waals surface area contributed by atoms with Crippen molar-refractivity contribution in [1.29, 1.82) is 0 Å². The van der Waals surface area contributed by atoms with Crippen molar-refractivity contribution in [3.05, 3.63) is 16.1 Å². The summed E-state index contributed by atoms with van der Waals surface area (Å²) in [5.41, 5.74) is 5.93. The van der Waals surface area contributed by atoms with Crippen molar-refractivity contribution in [3.63, 3.8) is 0 Å². The number of ether oxygens (including phenoxy) is 1. The molecule has 1 amide bonds. The number of aromatic nitrogens is 1. The molecule has 0 spiro atoms. The first-order valence-electron chi connectivity index (χ1n) is 6.34. The number of amides is 1. The van der Waals surface area contributed by atoms with E-state index in [9.17, 15) is 4.79 Å². The zero-order chi connectivity index (χ0) is 13.8. The van der Waals surface area contributed by atoms with E-state index in [0.717, 1.165) is 5.01 Å². The Morgan fingerprint density at radius 3 is 3.16 bits per heavy atom. The highest BCUT2D eigenvalue weighted by Crippen LogP contribution is 2.16. The minimum atomic E-state index is -0.310. The van der Waals surface area contributed by atoms with Crippen LogP contribution in [0.2, 0.25) is 0 Å². The molecular formula is C12H19N3O3S. The Balaban J connectivity index is 2.05. The average Bonchev–Trinajstić information content (AvgIpc) is 2.86. The molecule has 1 aromatic heterocycles. The standard InChI is InChI=1S/C12H19N3O3S/c1-8-4-15(5-9(6-16)18-8)12(17)10-7-19-11(14-10)2-3-13/h7-9,16H,2-6,13H2,1H3. The Labute approximate surface area is 116 Å². The number of thiazole rings is 1. The van der Waals surface area contributed by atoms with E-state index in [0.29, 0.717) is 31.7 Å². The Hall–Kier alpha value is -1.02. The molecule has 1 aliphatic heterocycles. The van der Waals surface area contributed by atoms with Crippen LogP contribution in [0.4, 0.5) is 0 Å². The van der Waals surface area contributed by atoms with Gasteiger partial charge in [-0.15, -0.1) is 11.3 Å². The Morgan fingerprint density at radius 2 is 2.47 bits per heavy atom. The van der Waals surface area contributed by atoms with Crippen LogP contribution in [0.5, 0.6) is 0 Å². The Morgan fingerprint density at radius 1 is 1.68 bits per heavy atom. The summed E-state index contributed by atoms with van der Waals surface area (Å²) in [6.07, 6.45) is 0.309. The molecule has 0 aromatic carbocycles. The molecule has 106 valence electrons. The van der Waals surface area contributed by atoms with Gasteiger partial charge in [0.1, 0.15) is 5.69 Å². The van der Waals surface area contributed by atoms with Crippen LogP contribution < -0.4 is 5.73 Å². The molecule has 1 aliphatic rings. The smallest absolute Gasteiger partial charge is 0.273 e. The quantitative estimate of drug-likeness (QED) is 0.804. The molecule has 2 heterocycles. The third-order valence-electron chi connectivity index (χ3n) is 2.95. The first kappa shape index (κ1) is 14.4. The third kappa shape index (κ3) is 3.50. The topological polar surface area (TPSA) is 88.7 Å². The van der Waals surface area contributed by atoms with Crippen molar-refractivity contribution in [1.82, 2.24) is 9.88 Å². The minimum absolute atomic E-state index is 0.0722. The van der Waals surface area contributed by atoms with E-state index in [1.807, 2.05) is 6.92 Å². The molecule has 2 unspecified atom stereocenters. The highest BCUT2D eigenvalue weighted by atomic mass is 32.1. The summed E-state index contributed by atoms with van der Waals surface area (Å²) >= 11 is 1.45. The third-order valence-corrected chi connectivity index (χ3v) is 3.85. The van der Waals surface area contributed by atoms with Crippen LogP contribution in [0.25, 0.3) is 0 Å². The van der Waals surface area contributed by atoms with Gasteiger partial charge < -0.3 is 20.5 Å². The number of aliphatic hydroxyl groups is 1. The molecule has 7 heteroatoms. The van der Waals surface area contributed by atoms with Crippen LogP contribution >= 0.6 is 11.3 Å². The number of hydrogen-bond acceptors (Lipinski definition) is 6. The minimum Gasteiger partial charge on any atom is -0.394 e. The molecule has 2 atom stereocenters. The van der Waals surface area contributed by atoms with Crippen molar-refractivity contribution in [2.24, 2.45) is 5.73 Å². The van der Waals surface area contributed by atoms with Crippen LogP contribution in [-0.2, 0) is 11.2 Å². The highest BCUT2D eigenvalue weighted by Gasteiger charge is 2.29. The number of aliphatic hydroxyl groups excluding tert-OH is 1. The SMILES string of the molecule is CC1CN(C(=O)c2csc(CCN)n2)CC(CO)O1. The average molecular weight is 285 g/mol. The van der Waals surface area contributed by atoms with E-state index in [4.69, 9.17) is 15.6 Å². The van der Waals surface area contributed by atoms with Crippen molar-refractivity contribution < 1.29 is 14.6 Å². The lowest BCUT2D eigenvalue weighted by Gasteiger charge is -2.35. The molecule has 0 radical (unpaired) electrons. The van der Waals surface area contributed by atoms with Gasteiger partial charge in [0, 0.05) is 24.9 Å². The van der Waals surface area contributed by atoms with Gasteiger partial charge in [0.05, 0.1) is 23.8 Å². The fourth-order valence-corrected chi connectivity index (χ4v) is 2.91. The van der Waals surface area contributed by atoms with E-state index in [2.05, 4.69) is 4.98 Å². The summed E-state index contributed by atoms with van der Waals surface area (Å²) in [6, 6.07) is 0. The van der Waals surface area contributed by atoms with Gasteiger partial charge >= 0.3 is 0 Å². The molecule has 0 aliphatic carbocycles. The van der Waals surface area contributed by atoms with Gasteiger partial charge in [-0.1, -0.05) is 0 Å². The lowest BCUT2D eigenvalue weighted by Crippen LogP contribution is -2.50. The fraction of sp³-hybridized carbons (Fsp3) is 0.667. The second-order valence-electron chi connectivity index (χ2n) is 4.63. The molecule has 6 nitrogen and oxygen atoms in total. The van der Waals surface area contributed by atoms with Crippen molar-refractivity contribution in [2.45, 2.75) is 25.6 Å². The van der Waals surface area contributed by atoms with Crippen LogP contribution in [0.1, 0.15) is 22.4 Å². The van der Waals surface area contributed by atoms with E-state index in [1.54, 1.807) is 10.3 Å². The molecule has 0 saturated carbocycles.